The van der Waals surface area contributed by atoms with E-state index in [1.165, 1.54) is 12.8 Å². The summed E-state index contributed by atoms with van der Waals surface area (Å²) < 4.78 is 11.3. The SMILES string of the molecule is CNc1cc(NCC(C)S(C)=O)nc(C2CC2)n1. The normalized spacial score (nSPS) is 18.2. The van der Waals surface area contributed by atoms with E-state index in [0.29, 0.717) is 12.5 Å². The number of aromatic nitrogens is 2. The van der Waals surface area contributed by atoms with Gasteiger partial charge >= 0.3 is 0 Å². The lowest BCUT2D eigenvalue weighted by molar-refractivity contribution is 0.678. The summed E-state index contributed by atoms with van der Waals surface area (Å²) >= 11 is 0. The molecule has 6 heteroatoms. The molecule has 2 rings (SSSR count). The van der Waals surface area contributed by atoms with Gasteiger partial charge in [-0.2, -0.15) is 0 Å². The first-order chi connectivity index (χ1) is 8.60. The van der Waals surface area contributed by atoms with Crippen LogP contribution in [0.25, 0.3) is 0 Å². The second-order valence-electron chi connectivity index (χ2n) is 4.71. The monoisotopic (exact) mass is 268 g/mol. The Hall–Kier alpha value is -1.17. The first kappa shape index (κ1) is 13.3. The van der Waals surface area contributed by atoms with Crippen LogP contribution in [0.4, 0.5) is 11.6 Å². The summed E-state index contributed by atoms with van der Waals surface area (Å²) in [7, 11) is 1.04. The van der Waals surface area contributed by atoms with Crippen LogP contribution in [-0.4, -0.2) is 39.3 Å². The van der Waals surface area contributed by atoms with Gasteiger partial charge in [-0.25, -0.2) is 9.97 Å². The Morgan fingerprint density at radius 2 is 2.11 bits per heavy atom. The molecule has 2 atom stereocenters. The maximum atomic E-state index is 11.3. The van der Waals surface area contributed by atoms with Crippen molar-refractivity contribution in [3.8, 4) is 0 Å². The van der Waals surface area contributed by atoms with Gasteiger partial charge in [0, 0.05) is 47.9 Å². The molecule has 0 aliphatic heterocycles. The summed E-state index contributed by atoms with van der Waals surface area (Å²) in [6.07, 6.45) is 4.09. The summed E-state index contributed by atoms with van der Waals surface area (Å²) in [6, 6.07) is 1.89. The van der Waals surface area contributed by atoms with Gasteiger partial charge in [0.05, 0.1) is 0 Å². The zero-order valence-electron chi connectivity index (χ0n) is 11.1. The van der Waals surface area contributed by atoms with Gasteiger partial charge in [-0.1, -0.05) is 0 Å². The molecule has 0 saturated heterocycles. The molecule has 0 bridgehead atoms. The van der Waals surface area contributed by atoms with Crippen molar-refractivity contribution in [3.63, 3.8) is 0 Å². The summed E-state index contributed by atoms with van der Waals surface area (Å²) in [5, 5.41) is 6.40. The standard InChI is InChI=1S/C12H20N4OS/c1-8(18(3)17)7-14-11-6-10(13-2)15-12(16-11)9-4-5-9/h6,8-9H,4-5,7H2,1-3H3,(H2,13,14,15,16). The van der Waals surface area contributed by atoms with E-state index in [4.69, 9.17) is 0 Å². The summed E-state index contributed by atoms with van der Waals surface area (Å²) in [4.78, 5) is 8.97. The van der Waals surface area contributed by atoms with E-state index in [-0.39, 0.29) is 5.25 Å². The largest absolute Gasteiger partial charge is 0.373 e. The van der Waals surface area contributed by atoms with Crippen LogP contribution in [-0.2, 0) is 10.8 Å². The maximum absolute atomic E-state index is 11.3. The van der Waals surface area contributed by atoms with Crippen molar-refractivity contribution in [1.82, 2.24) is 9.97 Å². The molecule has 1 aromatic heterocycles. The fourth-order valence-corrected chi connectivity index (χ4v) is 1.89. The van der Waals surface area contributed by atoms with Crippen molar-refractivity contribution < 1.29 is 4.21 Å². The van der Waals surface area contributed by atoms with Crippen LogP contribution in [0.3, 0.4) is 0 Å². The van der Waals surface area contributed by atoms with Gasteiger partial charge in [0.15, 0.2) is 0 Å². The second kappa shape index (κ2) is 5.65. The average molecular weight is 268 g/mol. The van der Waals surface area contributed by atoms with E-state index >= 15 is 0 Å². The predicted octanol–water partition coefficient (Wildman–Crippen LogP) is 1.57. The Kier molecular flexibility index (Phi) is 4.16. The minimum Gasteiger partial charge on any atom is -0.373 e. The average Bonchev–Trinajstić information content (AvgIpc) is 3.19. The fraction of sp³-hybridized carbons (Fsp3) is 0.667. The zero-order valence-corrected chi connectivity index (χ0v) is 11.9. The van der Waals surface area contributed by atoms with E-state index in [0.717, 1.165) is 17.5 Å². The lowest BCUT2D eigenvalue weighted by Crippen LogP contribution is -2.21. The van der Waals surface area contributed by atoms with E-state index < -0.39 is 10.8 Å². The summed E-state index contributed by atoms with van der Waals surface area (Å²) in [6.45, 7) is 2.62. The van der Waals surface area contributed by atoms with Gasteiger partial charge in [-0.05, 0) is 19.8 Å². The van der Waals surface area contributed by atoms with E-state index in [1.807, 2.05) is 20.0 Å². The summed E-state index contributed by atoms with van der Waals surface area (Å²) in [5.41, 5.74) is 0. The van der Waals surface area contributed by atoms with Crippen LogP contribution in [0.5, 0.6) is 0 Å². The molecule has 2 N–H and O–H groups in total. The van der Waals surface area contributed by atoms with Gasteiger partial charge in [-0.3, -0.25) is 4.21 Å². The second-order valence-corrected chi connectivity index (χ2v) is 6.51. The number of hydrogen-bond donors (Lipinski definition) is 2. The van der Waals surface area contributed by atoms with Gasteiger partial charge < -0.3 is 10.6 Å². The molecule has 1 aliphatic rings. The Morgan fingerprint density at radius 3 is 2.67 bits per heavy atom. The van der Waals surface area contributed by atoms with Crippen LogP contribution in [0.15, 0.2) is 6.07 Å². The molecule has 0 amide bonds. The highest BCUT2D eigenvalue weighted by atomic mass is 32.2. The molecule has 0 aromatic carbocycles. The molecule has 100 valence electrons. The molecule has 1 aromatic rings. The quantitative estimate of drug-likeness (QED) is 0.820. The van der Waals surface area contributed by atoms with Crippen molar-refractivity contribution in [2.45, 2.75) is 30.9 Å². The molecule has 18 heavy (non-hydrogen) atoms. The molecular formula is C12H20N4OS. The Bertz CT molecular complexity index is 448. The highest BCUT2D eigenvalue weighted by Crippen LogP contribution is 2.38. The number of hydrogen-bond acceptors (Lipinski definition) is 5. The first-order valence-electron chi connectivity index (χ1n) is 6.23. The number of anilines is 2. The molecular weight excluding hydrogens is 248 g/mol. The number of nitrogens with one attached hydrogen (secondary N) is 2. The predicted molar refractivity (Wildman–Crippen MR) is 75.6 cm³/mol. The van der Waals surface area contributed by atoms with E-state index in [1.54, 1.807) is 6.26 Å². The van der Waals surface area contributed by atoms with Crippen molar-refractivity contribution in [2.75, 3.05) is 30.5 Å². The molecule has 1 saturated carbocycles. The molecule has 0 spiro atoms. The fourth-order valence-electron chi connectivity index (χ4n) is 1.57. The Morgan fingerprint density at radius 1 is 1.44 bits per heavy atom. The van der Waals surface area contributed by atoms with Crippen LogP contribution in [0.1, 0.15) is 31.5 Å². The molecule has 1 aliphatic carbocycles. The van der Waals surface area contributed by atoms with E-state index in [2.05, 4.69) is 20.6 Å². The van der Waals surface area contributed by atoms with Crippen LogP contribution < -0.4 is 10.6 Å². The smallest absolute Gasteiger partial charge is 0.136 e. The minimum absolute atomic E-state index is 0.113. The molecule has 0 radical (unpaired) electrons. The van der Waals surface area contributed by atoms with Crippen molar-refractivity contribution >= 4 is 22.4 Å². The minimum atomic E-state index is -0.814. The zero-order chi connectivity index (χ0) is 13.1. The van der Waals surface area contributed by atoms with Crippen LogP contribution in [0.2, 0.25) is 0 Å². The van der Waals surface area contributed by atoms with Gasteiger partial charge in [0.25, 0.3) is 0 Å². The first-order valence-corrected chi connectivity index (χ1v) is 7.85. The highest BCUT2D eigenvalue weighted by Gasteiger charge is 2.27. The van der Waals surface area contributed by atoms with Gasteiger partial charge in [0.1, 0.15) is 17.5 Å². The van der Waals surface area contributed by atoms with Crippen molar-refractivity contribution in [3.05, 3.63) is 11.9 Å². The Balaban J connectivity index is 2.06. The lowest BCUT2D eigenvalue weighted by Gasteiger charge is -2.12. The molecule has 1 heterocycles. The van der Waals surface area contributed by atoms with Crippen molar-refractivity contribution in [1.29, 1.82) is 0 Å². The third-order valence-corrected chi connectivity index (χ3v) is 4.38. The number of nitrogens with zero attached hydrogens (tertiary/aromatic N) is 2. The van der Waals surface area contributed by atoms with E-state index in [9.17, 15) is 4.21 Å². The molecule has 1 fully saturated rings. The third kappa shape index (κ3) is 3.41. The third-order valence-electron chi connectivity index (χ3n) is 3.08. The lowest BCUT2D eigenvalue weighted by atomic mass is 10.3. The highest BCUT2D eigenvalue weighted by molar-refractivity contribution is 7.84. The molecule has 2 unspecified atom stereocenters. The van der Waals surface area contributed by atoms with Gasteiger partial charge in [-0.15, -0.1) is 0 Å². The Labute approximate surface area is 110 Å². The van der Waals surface area contributed by atoms with Crippen LogP contribution in [0, 0.1) is 0 Å². The maximum Gasteiger partial charge on any atom is 0.136 e. The van der Waals surface area contributed by atoms with Crippen LogP contribution >= 0.6 is 0 Å². The van der Waals surface area contributed by atoms with Gasteiger partial charge in [0.2, 0.25) is 0 Å². The molecule has 5 nitrogen and oxygen atoms in total. The number of rotatable bonds is 6. The summed E-state index contributed by atoms with van der Waals surface area (Å²) in [5.74, 6) is 3.08. The van der Waals surface area contributed by atoms with Crippen molar-refractivity contribution in [2.24, 2.45) is 0 Å². The topological polar surface area (TPSA) is 66.9 Å².